The Bertz CT molecular complexity index is 417. The van der Waals surface area contributed by atoms with Crippen molar-refractivity contribution in [1.82, 2.24) is 10.2 Å². The molecule has 0 saturated carbocycles. The first-order valence-electron chi connectivity index (χ1n) is 6.83. The molecule has 1 saturated heterocycles. The predicted molar refractivity (Wildman–Crippen MR) is 75.1 cm³/mol. The Morgan fingerprint density at radius 2 is 2.11 bits per heavy atom. The van der Waals surface area contributed by atoms with Crippen molar-refractivity contribution in [2.24, 2.45) is 0 Å². The van der Waals surface area contributed by atoms with E-state index in [1.54, 1.807) is 7.11 Å². The third-order valence-corrected chi connectivity index (χ3v) is 3.48. The Labute approximate surface area is 114 Å². The molecule has 0 spiro atoms. The number of amides is 1. The molecule has 1 fully saturated rings. The largest absolute Gasteiger partial charge is 0.497 e. The molecule has 0 aromatic heterocycles. The average Bonchev–Trinajstić information content (AvgIpc) is 2.82. The van der Waals surface area contributed by atoms with Crippen LogP contribution in [-0.2, 0) is 11.3 Å². The summed E-state index contributed by atoms with van der Waals surface area (Å²) in [5.41, 5.74) is 1.22. The lowest BCUT2D eigenvalue weighted by molar-refractivity contribution is -0.127. The van der Waals surface area contributed by atoms with Crippen LogP contribution in [0.2, 0.25) is 0 Å². The minimum absolute atomic E-state index is 0.290. The number of rotatable bonds is 6. The maximum atomic E-state index is 11.5. The van der Waals surface area contributed by atoms with Gasteiger partial charge in [-0.3, -0.25) is 4.79 Å². The van der Waals surface area contributed by atoms with Crippen LogP contribution in [0.25, 0.3) is 0 Å². The van der Waals surface area contributed by atoms with E-state index < -0.39 is 0 Å². The van der Waals surface area contributed by atoms with E-state index in [2.05, 4.69) is 24.4 Å². The summed E-state index contributed by atoms with van der Waals surface area (Å²) >= 11 is 0. The lowest BCUT2D eigenvalue weighted by Gasteiger charge is -2.21. The molecule has 1 aliphatic heterocycles. The van der Waals surface area contributed by atoms with Gasteiger partial charge in [-0.2, -0.15) is 0 Å². The van der Waals surface area contributed by atoms with Crippen molar-refractivity contribution in [2.75, 3.05) is 20.2 Å². The normalized spacial score (nSPS) is 16.7. The number of nitrogens with one attached hydrogen (secondary N) is 1. The molecular weight excluding hydrogens is 240 g/mol. The fourth-order valence-corrected chi connectivity index (χ4v) is 2.33. The fourth-order valence-electron chi connectivity index (χ4n) is 2.33. The molecule has 1 heterocycles. The van der Waals surface area contributed by atoms with Crippen LogP contribution in [0.1, 0.15) is 25.3 Å². The molecule has 0 bridgehead atoms. The number of methoxy groups -OCH3 is 1. The van der Waals surface area contributed by atoms with Crippen LogP contribution in [0.4, 0.5) is 0 Å². The zero-order valence-corrected chi connectivity index (χ0v) is 11.7. The van der Waals surface area contributed by atoms with Gasteiger partial charge in [0, 0.05) is 32.1 Å². The van der Waals surface area contributed by atoms with Gasteiger partial charge in [0.2, 0.25) is 5.91 Å². The Balaban J connectivity index is 1.76. The van der Waals surface area contributed by atoms with Crippen molar-refractivity contribution >= 4 is 5.91 Å². The molecule has 1 aliphatic rings. The average molecular weight is 262 g/mol. The molecule has 4 heteroatoms. The van der Waals surface area contributed by atoms with Gasteiger partial charge in [0.1, 0.15) is 5.75 Å². The highest BCUT2D eigenvalue weighted by Gasteiger charge is 2.21. The van der Waals surface area contributed by atoms with Crippen molar-refractivity contribution in [3.05, 3.63) is 29.8 Å². The first-order valence-corrected chi connectivity index (χ1v) is 6.83. The maximum absolute atomic E-state index is 11.5. The first-order chi connectivity index (χ1) is 9.19. The maximum Gasteiger partial charge on any atom is 0.222 e. The molecule has 19 heavy (non-hydrogen) atoms. The van der Waals surface area contributed by atoms with Gasteiger partial charge in [0.15, 0.2) is 0 Å². The van der Waals surface area contributed by atoms with E-state index in [9.17, 15) is 4.79 Å². The molecule has 2 rings (SSSR count). The van der Waals surface area contributed by atoms with Gasteiger partial charge < -0.3 is 15.0 Å². The van der Waals surface area contributed by atoms with Crippen LogP contribution in [-0.4, -0.2) is 37.0 Å². The van der Waals surface area contributed by atoms with E-state index in [1.807, 2.05) is 17.0 Å². The molecule has 1 unspecified atom stereocenters. The molecule has 4 nitrogen and oxygen atoms in total. The number of nitrogens with zero attached hydrogens (tertiary/aromatic N) is 1. The number of benzene rings is 1. The molecule has 1 atom stereocenters. The smallest absolute Gasteiger partial charge is 0.222 e. The monoisotopic (exact) mass is 262 g/mol. The summed E-state index contributed by atoms with van der Waals surface area (Å²) in [4.78, 5) is 13.5. The summed E-state index contributed by atoms with van der Waals surface area (Å²) < 4.78 is 5.13. The van der Waals surface area contributed by atoms with E-state index in [0.29, 0.717) is 12.5 Å². The molecule has 1 aromatic carbocycles. The highest BCUT2D eigenvalue weighted by Crippen LogP contribution is 2.12. The number of carbonyl (C=O) groups is 1. The first kappa shape index (κ1) is 13.9. The molecular formula is C15H22N2O2. The van der Waals surface area contributed by atoms with Gasteiger partial charge in [-0.25, -0.2) is 0 Å². The SMILES string of the molecule is COc1ccc(CNC(C)CN2CCCC2=O)cc1. The van der Waals surface area contributed by atoms with Crippen molar-refractivity contribution in [3.63, 3.8) is 0 Å². The second-order valence-corrected chi connectivity index (χ2v) is 5.07. The van der Waals surface area contributed by atoms with Gasteiger partial charge >= 0.3 is 0 Å². The van der Waals surface area contributed by atoms with E-state index in [1.165, 1.54) is 5.56 Å². The molecule has 0 aliphatic carbocycles. The van der Waals surface area contributed by atoms with Crippen LogP contribution in [0.5, 0.6) is 5.75 Å². The van der Waals surface area contributed by atoms with Crippen LogP contribution in [0.15, 0.2) is 24.3 Å². The van der Waals surface area contributed by atoms with Crippen LogP contribution in [0, 0.1) is 0 Å². The minimum atomic E-state index is 0.290. The van der Waals surface area contributed by atoms with Crippen LogP contribution >= 0.6 is 0 Å². The second kappa shape index (κ2) is 6.57. The van der Waals surface area contributed by atoms with E-state index in [-0.39, 0.29) is 5.91 Å². The van der Waals surface area contributed by atoms with E-state index >= 15 is 0 Å². The topological polar surface area (TPSA) is 41.6 Å². The standard InChI is InChI=1S/C15H22N2O2/c1-12(11-17-9-3-4-15(17)18)16-10-13-5-7-14(19-2)8-6-13/h5-8,12,16H,3-4,9-11H2,1-2H3. The van der Waals surface area contributed by atoms with Crippen LogP contribution in [0.3, 0.4) is 0 Å². The number of likely N-dealkylation sites (tertiary alicyclic amines) is 1. The number of carbonyl (C=O) groups excluding carboxylic acids is 1. The summed E-state index contributed by atoms with van der Waals surface area (Å²) in [6.45, 7) is 4.64. The number of hydrogen-bond donors (Lipinski definition) is 1. The van der Waals surface area contributed by atoms with Gasteiger partial charge in [0.05, 0.1) is 7.11 Å². The predicted octanol–water partition coefficient (Wildman–Crippen LogP) is 1.80. The fraction of sp³-hybridized carbons (Fsp3) is 0.533. The Morgan fingerprint density at radius 3 is 2.68 bits per heavy atom. The summed E-state index contributed by atoms with van der Waals surface area (Å²) in [5, 5.41) is 3.45. The van der Waals surface area contributed by atoms with Crippen LogP contribution < -0.4 is 10.1 Å². The number of hydrogen-bond acceptors (Lipinski definition) is 3. The van der Waals surface area contributed by atoms with Crippen molar-refractivity contribution in [2.45, 2.75) is 32.4 Å². The molecule has 1 amide bonds. The molecule has 104 valence electrons. The lowest BCUT2D eigenvalue weighted by Crippen LogP contribution is -2.39. The van der Waals surface area contributed by atoms with E-state index in [0.717, 1.165) is 31.8 Å². The Morgan fingerprint density at radius 1 is 1.37 bits per heavy atom. The van der Waals surface area contributed by atoms with Crippen molar-refractivity contribution < 1.29 is 9.53 Å². The number of ether oxygens (including phenoxy) is 1. The minimum Gasteiger partial charge on any atom is -0.497 e. The Hall–Kier alpha value is -1.55. The highest BCUT2D eigenvalue weighted by molar-refractivity contribution is 5.78. The third kappa shape index (κ3) is 3.96. The van der Waals surface area contributed by atoms with Crippen molar-refractivity contribution in [3.8, 4) is 5.75 Å². The van der Waals surface area contributed by atoms with Gasteiger partial charge in [-0.05, 0) is 31.0 Å². The Kier molecular flexibility index (Phi) is 4.80. The summed E-state index contributed by atoms with van der Waals surface area (Å²) in [7, 11) is 1.67. The highest BCUT2D eigenvalue weighted by atomic mass is 16.5. The zero-order valence-electron chi connectivity index (χ0n) is 11.7. The lowest BCUT2D eigenvalue weighted by atomic mass is 10.2. The van der Waals surface area contributed by atoms with Gasteiger partial charge in [-0.1, -0.05) is 12.1 Å². The van der Waals surface area contributed by atoms with E-state index in [4.69, 9.17) is 4.74 Å². The van der Waals surface area contributed by atoms with Gasteiger partial charge in [-0.15, -0.1) is 0 Å². The molecule has 0 radical (unpaired) electrons. The third-order valence-electron chi connectivity index (χ3n) is 3.48. The molecule has 1 aromatic rings. The van der Waals surface area contributed by atoms with Gasteiger partial charge in [0.25, 0.3) is 0 Å². The summed E-state index contributed by atoms with van der Waals surface area (Å²) in [6, 6.07) is 8.35. The van der Waals surface area contributed by atoms with Crippen molar-refractivity contribution in [1.29, 1.82) is 0 Å². The summed E-state index contributed by atoms with van der Waals surface area (Å²) in [6.07, 6.45) is 1.72. The summed E-state index contributed by atoms with van der Waals surface area (Å²) in [5.74, 6) is 1.16. The second-order valence-electron chi connectivity index (χ2n) is 5.07. The molecule has 1 N–H and O–H groups in total. The quantitative estimate of drug-likeness (QED) is 0.850. The zero-order chi connectivity index (χ0) is 13.7.